The molecule has 5 heteroatoms. The molecular formula is C11H16N4O. The van der Waals surface area contributed by atoms with E-state index in [4.69, 9.17) is 0 Å². The van der Waals surface area contributed by atoms with Gasteiger partial charge in [0.2, 0.25) is 5.91 Å². The van der Waals surface area contributed by atoms with Gasteiger partial charge in [0.15, 0.2) is 0 Å². The molecule has 16 heavy (non-hydrogen) atoms. The predicted molar refractivity (Wildman–Crippen MR) is 61.0 cm³/mol. The minimum Gasteiger partial charge on any atom is -0.360 e. The third-order valence-electron chi connectivity index (χ3n) is 2.70. The van der Waals surface area contributed by atoms with E-state index in [0.29, 0.717) is 12.4 Å². The molecule has 0 aliphatic carbocycles. The highest BCUT2D eigenvalue weighted by Gasteiger charge is 2.15. The number of nitrogens with zero attached hydrogens (tertiary/aromatic N) is 3. The number of likely N-dealkylation sites (tertiary alicyclic amines) is 1. The molecule has 1 aliphatic heterocycles. The molecule has 0 bridgehead atoms. The maximum atomic E-state index is 11.8. The van der Waals surface area contributed by atoms with Gasteiger partial charge in [0.1, 0.15) is 5.82 Å². The van der Waals surface area contributed by atoms with E-state index in [2.05, 4.69) is 15.5 Å². The van der Waals surface area contributed by atoms with Crippen molar-refractivity contribution in [2.24, 2.45) is 0 Å². The average Bonchev–Trinajstić information content (AvgIpc) is 2.38. The van der Waals surface area contributed by atoms with Gasteiger partial charge >= 0.3 is 0 Å². The van der Waals surface area contributed by atoms with Gasteiger partial charge in [-0.15, -0.1) is 5.10 Å². The van der Waals surface area contributed by atoms with Crippen molar-refractivity contribution in [1.29, 1.82) is 0 Å². The molecule has 1 aromatic heterocycles. The van der Waals surface area contributed by atoms with E-state index in [1.807, 2.05) is 4.90 Å². The van der Waals surface area contributed by atoms with Crippen LogP contribution in [0.3, 0.4) is 0 Å². The van der Waals surface area contributed by atoms with Crippen molar-refractivity contribution in [3.05, 3.63) is 18.3 Å². The maximum absolute atomic E-state index is 11.8. The van der Waals surface area contributed by atoms with Crippen molar-refractivity contribution in [2.75, 3.05) is 25.0 Å². The summed E-state index contributed by atoms with van der Waals surface area (Å²) in [6, 6.07) is 3.59. The van der Waals surface area contributed by atoms with Crippen molar-refractivity contribution in [1.82, 2.24) is 15.1 Å². The molecule has 0 radical (unpaired) electrons. The fourth-order valence-corrected chi connectivity index (χ4v) is 1.82. The van der Waals surface area contributed by atoms with Crippen molar-refractivity contribution in [2.45, 2.75) is 19.3 Å². The fourth-order valence-electron chi connectivity index (χ4n) is 1.82. The van der Waals surface area contributed by atoms with Gasteiger partial charge in [0.05, 0.1) is 6.54 Å². The summed E-state index contributed by atoms with van der Waals surface area (Å²) in [5.74, 6) is 0.790. The second-order valence-electron chi connectivity index (χ2n) is 3.90. The Labute approximate surface area is 94.9 Å². The van der Waals surface area contributed by atoms with Crippen LogP contribution in [0.1, 0.15) is 19.3 Å². The zero-order valence-corrected chi connectivity index (χ0v) is 9.22. The third-order valence-corrected chi connectivity index (χ3v) is 2.70. The second kappa shape index (κ2) is 5.44. The van der Waals surface area contributed by atoms with Gasteiger partial charge in [-0.25, -0.2) is 0 Å². The van der Waals surface area contributed by atoms with E-state index in [0.717, 1.165) is 25.9 Å². The minimum atomic E-state index is 0.144. The van der Waals surface area contributed by atoms with Crippen LogP contribution in [0, 0.1) is 0 Å². The number of anilines is 1. The van der Waals surface area contributed by atoms with Gasteiger partial charge in [-0.1, -0.05) is 0 Å². The van der Waals surface area contributed by atoms with Crippen LogP contribution in [0.15, 0.2) is 18.3 Å². The molecule has 86 valence electrons. The zero-order valence-electron chi connectivity index (χ0n) is 9.22. The first-order valence-corrected chi connectivity index (χ1v) is 5.65. The number of nitrogens with one attached hydrogen (secondary N) is 1. The molecule has 5 nitrogen and oxygen atoms in total. The standard InChI is InChI=1S/C11H16N4O/c16-11(15-7-2-1-3-8-15)9-12-10-5-4-6-13-14-10/h4-6H,1-3,7-9H2,(H,12,14). The first kappa shape index (κ1) is 10.9. The van der Waals surface area contributed by atoms with Crippen molar-refractivity contribution < 1.29 is 4.79 Å². The Balaban J connectivity index is 1.79. The highest BCUT2D eigenvalue weighted by Crippen LogP contribution is 2.08. The van der Waals surface area contributed by atoms with E-state index in [-0.39, 0.29) is 5.91 Å². The Morgan fingerprint density at radius 3 is 2.88 bits per heavy atom. The molecule has 0 unspecified atom stereocenters. The predicted octanol–water partition coefficient (Wildman–Crippen LogP) is 0.901. The minimum absolute atomic E-state index is 0.144. The topological polar surface area (TPSA) is 58.1 Å². The Hall–Kier alpha value is -1.65. The van der Waals surface area contributed by atoms with E-state index in [9.17, 15) is 4.79 Å². The van der Waals surface area contributed by atoms with Gasteiger partial charge in [0.25, 0.3) is 0 Å². The summed E-state index contributed by atoms with van der Waals surface area (Å²) in [5, 5.41) is 10.6. The lowest BCUT2D eigenvalue weighted by atomic mass is 10.1. The molecule has 1 amide bonds. The monoisotopic (exact) mass is 220 g/mol. The zero-order chi connectivity index (χ0) is 11.2. The highest BCUT2D eigenvalue weighted by atomic mass is 16.2. The van der Waals surface area contributed by atoms with Gasteiger partial charge in [-0.3, -0.25) is 4.79 Å². The van der Waals surface area contributed by atoms with Gasteiger partial charge in [-0.05, 0) is 31.4 Å². The number of amides is 1. The average molecular weight is 220 g/mol. The highest BCUT2D eigenvalue weighted by molar-refractivity contribution is 5.80. The lowest BCUT2D eigenvalue weighted by molar-refractivity contribution is -0.130. The number of carbonyl (C=O) groups excluding carboxylic acids is 1. The van der Waals surface area contributed by atoms with Crippen LogP contribution in [0.25, 0.3) is 0 Å². The normalized spacial score (nSPS) is 15.9. The summed E-state index contributed by atoms with van der Waals surface area (Å²) < 4.78 is 0. The SMILES string of the molecule is O=C(CNc1cccnn1)N1CCCCC1. The van der Waals surface area contributed by atoms with E-state index >= 15 is 0 Å². The lowest BCUT2D eigenvalue weighted by Gasteiger charge is -2.26. The second-order valence-corrected chi connectivity index (χ2v) is 3.90. The number of rotatable bonds is 3. The maximum Gasteiger partial charge on any atom is 0.241 e. The van der Waals surface area contributed by atoms with E-state index in [1.165, 1.54) is 6.42 Å². The summed E-state index contributed by atoms with van der Waals surface area (Å²) in [7, 11) is 0. The summed E-state index contributed by atoms with van der Waals surface area (Å²) in [6.07, 6.45) is 5.09. The van der Waals surface area contributed by atoms with Crippen LogP contribution in [0.5, 0.6) is 0 Å². The molecule has 0 atom stereocenters. The Morgan fingerprint density at radius 2 is 2.19 bits per heavy atom. The van der Waals surface area contributed by atoms with Crippen LogP contribution < -0.4 is 5.32 Å². The molecule has 1 N–H and O–H groups in total. The van der Waals surface area contributed by atoms with E-state index in [1.54, 1.807) is 18.3 Å². The van der Waals surface area contributed by atoms with Crippen molar-refractivity contribution >= 4 is 11.7 Å². The van der Waals surface area contributed by atoms with Crippen LogP contribution in [-0.2, 0) is 4.79 Å². The molecule has 1 aromatic rings. The molecule has 0 saturated carbocycles. The third kappa shape index (κ3) is 2.92. The van der Waals surface area contributed by atoms with Crippen LogP contribution in [0.2, 0.25) is 0 Å². The number of piperidine rings is 1. The Kier molecular flexibility index (Phi) is 3.69. The number of hydrogen-bond donors (Lipinski definition) is 1. The quantitative estimate of drug-likeness (QED) is 0.822. The summed E-state index contributed by atoms with van der Waals surface area (Å²) >= 11 is 0. The van der Waals surface area contributed by atoms with E-state index < -0.39 is 0 Å². The lowest BCUT2D eigenvalue weighted by Crippen LogP contribution is -2.39. The summed E-state index contributed by atoms with van der Waals surface area (Å²) in [4.78, 5) is 13.7. The van der Waals surface area contributed by atoms with Crippen molar-refractivity contribution in [3.8, 4) is 0 Å². The number of carbonyl (C=O) groups is 1. The molecule has 2 rings (SSSR count). The molecule has 0 aromatic carbocycles. The number of aromatic nitrogens is 2. The largest absolute Gasteiger partial charge is 0.360 e. The van der Waals surface area contributed by atoms with Gasteiger partial charge in [-0.2, -0.15) is 5.10 Å². The number of hydrogen-bond acceptors (Lipinski definition) is 4. The Bertz CT molecular complexity index is 335. The van der Waals surface area contributed by atoms with Crippen molar-refractivity contribution in [3.63, 3.8) is 0 Å². The van der Waals surface area contributed by atoms with Crippen LogP contribution >= 0.6 is 0 Å². The fraction of sp³-hybridized carbons (Fsp3) is 0.545. The first-order valence-electron chi connectivity index (χ1n) is 5.65. The Morgan fingerprint density at radius 1 is 1.38 bits per heavy atom. The molecular weight excluding hydrogens is 204 g/mol. The molecule has 1 fully saturated rings. The smallest absolute Gasteiger partial charge is 0.241 e. The van der Waals surface area contributed by atoms with Crippen LogP contribution in [-0.4, -0.2) is 40.6 Å². The summed E-state index contributed by atoms with van der Waals surface area (Å²) in [6.45, 7) is 2.08. The van der Waals surface area contributed by atoms with Gasteiger partial charge in [0, 0.05) is 19.3 Å². The van der Waals surface area contributed by atoms with Crippen LogP contribution in [0.4, 0.5) is 5.82 Å². The first-order chi connectivity index (χ1) is 7.86. The molecule has 2 heterocycles. The molecule has 1 aliphatic rings. The molecule has 0 spiro atoms. The summed E-state index contributed by atoms with van der Waals surface area (Å²) in [5.41, 5.74) is 0. The van der Waals surface area contributed by atoms with Gasteiger partial charge < -0.3 is 10.2 Å². The molecule has 1 saturated heterocycles.